The third-order valence-corrected chi connectivity index (χ3v) is 6.37. The first-order chi connectivity index (χ1) is 16.7. The molecule has 0 amide bonds. The van der Waals surface area contributed by atoms with E-state index >= 15 is 0 Å². The van der Waals surface area contributed by atoms with Gasteiger partial charge in [0.25, 0.3) is 0 Å². The van der Waals surface area contributed by atoms with Gasteiger partial charge >= 0.3 is 0 Å². The van der Waals surface area contributed by atoms with E-state index in [9.17, 15) is 8.78 Å². The summed E-state index contributed by atoms with van der Waals surface area (Å²) in [6.45, 7) is 4.49. The van der Waals surface area contributed by atoms with Crippen molar-refractivity contribution < 1.29 is 8.78 Å². The molecular formula is C28H28F2N4. The number of benzene rings is 3. The lowest BCUT2D eigenvalue weighted by molar-refractivity contribution is 0.254. The van der Waals surface area contributed by atoms with Crippen molar-refractivity contribution in [2.24, 2.45) is 0 Å². The van der Waals surface area contributed by atoms with Crippen LogP contribution in [0.1, 0.15) is 12.1 Å². The van der Waals surface area contributed by atoms with Gasteiger partial charge in [0.2, 0.25) is 0 Å². The van der Waals surface area contributed by atoms with E-state index in [1.165, 1.54) is 18.2 Å². The number of hydrogen-bond donors (Lipinski definition) is 0. The predicted molar refractivity (Wildman–Crippen MR) is 132 cm³/mol. The maximum Gasteiger partial charge on any atom is 0.146 e. The van der Waals surface area contributed by atoms with E-state index in [-0.39, 0.29) is 11.6 Å². The highest BCUT2D eigenvalue weighted by atomic mass is 19.1. The molecule has 1 saturated heterocycles. The summed E-state index contributed by atoms with van der Waals surface area (Å²) in [6.07, 6.45) is 1.86. The Morgan fingerprint density at radius 2 is 1.47 bits per heavy atom. The number of aromatic nitrogens is 2. The van der Waals surface area contributed by atoms with Gasteiger partial charge in [0.15, 0.2) is 0 Å². The Morgan fingerprint density at radius 3 is 2.21 bits per heavy atom. The average molecular weight is 459 g/mol. The summed E-state index contributed by atoms with van der Waals surface area (Å²) < 4.78 is 29.5. The van der Waals surface area contributed by atoms with E-state index in [0.717, 1.165) is 68.2 Å². The second-order valence-corrected chi connectivity index (χ2v) is 8.66. The maximum atomic E-state index is 14.1. The summed E-state index contributed by atoms with van der Waals surface area (Å²) in [5, 5.41) is 4.88. The van der Waals surface area contributed by atoms with Gasteiger partial charge in [0.05, 0.1) is 22.8 Å². The Bertz CT molecular complexity index is 1210. The minimum absolute atomic E-state index is 0.151. The van der Waals surface area contributed by atoms with Crippen molar-refractivity contribution in [1.82, 2.24) is 14.7 Å². The Kier molecular flexibility index (Phi) is 6.67. The zero-order valence-electron chi connectivity index (χ0n) is 19.1. The van der Waals surface area contributed by atoms with Crippen molar-refractivity contribution in [1.29, 1.82) is 0 Å². The Morgan fingerprint density at radius 1 is 0.765 bits per heavy atom. The van der Waals surface area contributed by atoms with Crippen LogP contribution in [-0.4, -0.2) is 47.4 Å². The van der Waals surface area contributed by atoms with Gasteiger partial charge in [-0.05, 0) is 74.0 Å². The van der Waals surface area contributed by atoms with Crippen LogP contribution < -0.4 is 4.90 Å². The number of aryl methyl sites for hydroxylation is 1. The van der Waals surface area contributed by atoms with Crippen LogP contribution in [0.5, 0.6) is 0 Å². The SMILES string of the molecule is Fc1ccc(-c2cc(CCCN3CCN(c4ccccc4F)CC3)nn2-c2ccccc2)cc1. The molecule has 1 aliphatic heterocycles. The van der Waals surface area contributed by atoms with Crippen molar-refractivity contribution in [2.45, 2.75) is 12.8 Å². The standard InChI is InChI=1S/C28H28F2N4/c29-23-14-12-22(13-15-23)28-21-24(31-34(28)25-8-2-1-3-9-25)7-6-16-32-17-19-33(20-18-32)27-11-5-4-10-26(27)30/h1-5,8-15,21H,6-7,16-20H2. The molecule has 0 spiro atoms. The van der Waals surface area contributed by atoms with Gasteiger partial charge in [-0.25, -0.2) is 13.5 Å². The fraction of sp³-hybridized carbons (Fsp3) is 0.250. The number of piperazine rings is 1. The molecule has 34 heavy (non-hydrogen) atoms. The van der Waals surface area contributed by atoms with E-state index in [0.29, 0.717) is 5.69 Å². The summed E-state index contributed by atoms with van der Waals surface area (Å²) in [5.74, 6) is -0.397. The monoisotopic (exact) mass is 458 g/mol. The Labute approximate surface area is 199 Å². The Hall–Kier alpha value is -3.51. The van der Waals surface area contributed by atoms with Crippen LogP contribution in [0.25, 0.3) is 16.9 Å². The summed E-state index contributed by atoms with van der Waals surface area (Å²) in [4.78, 5) is 4.56. The molecule has 0 saturated carbocycles. The fourth-order valence-corrected chi connectivity index (χ4v) is 4.55. The first-order valence-electron chi connectivity index (χ1n) is 11.8. The number of halogens is 2. The van der Waals surface area contributed by atoms with E-state index in [1.807, 2.05) is 47.1 Å². The van der Waals surface area contributed by atoms with Gasteiger partial charge in [-0.15, -0.1) is 0 Å². The second-order valence-electron chi connectivity index (χ2n) is 8.66. The van der Waals surface area contributed by atoms with Gasteiger partial charge in [-0.2, -0.15) is 5.10 Å². The second kappa shape index (κ2) is 10.2. The zero-order valence-corrected chi connectivity index (χ0v) is 19.1. The molecule has 5 rings (SSSR count). The quantitative estimate of drug-likeness (QED) is 0.362. The summed E-state index contributed by atoms with van der Waals surface area (Å²) >= 11 is 0. The largest absolute Gasteiger partial charge is 0.367 e. The van der Waals surface area contributed by atoms with Crippen LogP contribution >= 0.6 is 0 Å². The highest BCUT2D eigenvalue weighted by Gasteiger charge is 2.19. The summed E-state index contributed by atoms with van der Waals surface area (Å²) in [6, 6.07) is 25.7. The van der Waals surface area contributed by atoms with E-state index in [4.69, 9.17) is 5.10 Å². The molecule has 0 atom stereocenters. The minimum atomic E-state index is -0.246. The third-order valence-electron chi connectivity index (χ3n) is 6.37. The molecule has 0 unspecified atom stereocenters. The van der Waals surface area contributed by atoms with Gasteiger partial charge in [0, 0.05) is 31.7 Å². The van der Waals surface area contributed by atoms with Gasteiger partial charge < -0.3 is 4.90 Å². The smallest absolute Gasteiger partial charge is 0.146 e. The molecule has 1 aromatic heterocycles. The highest BCUT2D eigenvalue weighted by molar-refractivity contribution is 5.62. The zero-order chi connectivity index (χ0) is 23.3. The molecule has 4 aromatic rings. The molecule has 1 aliphatic rings. The van der Waals surface area contributed by atoms with Crippen LogP contribution in [0.4, 0.5) is 14.5 Å². The molecule has 2 heterocycles. The molecule has 4 nitrogen and oxygen atoms in total. The normalized spacial score (nSPS) is 14.5. The number of nitrogens with zero attached hydrogens (tertiary/aromatic N) is 4. The number of hydrogen-bond acceptors (Lipinski definition) is 3. The van der Waals surface area contributed by atoms with Crippen molar-refractivity contribution in [2.75, 3.05) is 37.6 Å². The highest BCUT2D eigenvalue weighted by Crippen LogP contribution is 2.25. The summed E-state index contributed by atoms with van der Waals surface area (Å²) in [7, 11) is 0. The van der Waals surface area contributed by atoms with Crippen LogP contribution in [0.15, 0.2) is 84.9 Å². The number of anilines is 1. The molecule has 0 N–H and O–H groups in total. The lowest BCUT2D eigenvalue weighted by Gasteiger charge is -2.36. The molecule has 174 valence electrons. The Balaban J connectivity index is 1.22. The molecular weight excluding hydrogens is 430 g/mol. The van der Waals surface area contributed by atoms with Crippen LogP contribution in [0.3, 0.4) is 0 Å². The van der Waals surface area contributed by atoms with Crippen LogP contribution in [0.2, 0.25) is 0 Å². The topological polar surface area (TPSA) is 24.3 Å². The van der Waals surface area contributed by atoms with Crippen molar-refractivity contribution in [3.63, 3.8) is 0 Å². The molecule has 3 aromatic carbocycles. The lowest BCUT2D eigenvalue weighted by atomic mass is 10.1. The van der Waals surface area contributed by atoms with E-state index in [2.05, 4.69) is 15.9 Å². The van der Waals surface area contributed by atoms with E-state index < -0.39 is 0 Å². The number of rotatable bonds is 7. The van der Waals surface area contributed by atoms with Gasteiger partial charge in [-0.3, -0.25) is 4.90 Å². The maximum absolute atomic E-state index is 14.1. The molecule has 0 aliphatic carbocycles. The van der Waals surface area contributed by atoms with Crippen LogP contribution in [-0.2, 0) is 6.42 Å². The number of para-hydroxylation sites is 2. The first-order valence-corrected chi connectivity index (χ1v) is 11.8. The third kappa shape index (κ3) is 5.02. The summed E-state index contributed by atoms with van der Waals surface area (Å²) in [5.41, 5.74) is 4.60. The van der Waals surface area contributed by atoms with Crippen molar-refractivity contribution in [3.8, 4) is 16.9 Å². The lowest BCUT2D eigenvalue weighted by Crippen LogP contribution is -2.47. The fourth-order valence-electron chi connectivity index (χ4n) is 4.55. The van der Waals surface area contributed by atoms with Gasteiger partial charge in [0.1, 0.15) is 11.6 Å². The van der Waals surface area contributed by atoms with Crippen molar-refractivity contribution in [3.05, 3.63) is 102 Å². The minimum Gasteiger partial charge on any atom is -0.367 e. The molecule has 6 heteroatoms. The molecule has 0 radical (unpaired) electrons. The van der Waals surface area contributed by atoms with E-state index in [1.54, 1.807) is 18.2 Å². The molecule has 0 bridgehead atoms. The molecule has 1 fully saturated rings. The average Bonchev–Trinajstić information content (AvgIpc) is 3.30. The van der Waals surface area contributed by atoms with Crippen LogP contribution in [0, 0.1) is 11.6 Å². The van der Waals surface area contributed by atoms with Crippen molar-refractivity contribution >= 4 is 5.69 Å². The van der Waals surface area contributed by atoms with Gasteiger partial charge in [-0.1, -0.05) is 30.3 Å². The first kappa shape index (κ1) is 22.3. The predicted octanol–water partition coefficient (Wildman–Crippen LogP) is 5.57.